The monoisotopic (exact) mass is 194 g/mol. The van der Waals surface area contributed by atoms with Crippen LogP contribution in [0.4, 0.5) is 0 Å². The van der Waals surface area contributed by atoms with Gasteiger partial charge in [0, 0.05) is 19.0 Å². The van der Waals surface area contributed by atoms with Gasteiger partial charge < -0.3 is 9.88 Å². The van der Waals surface area contributed by atoms with Gasteiger partial charge in [0.15, 0.2) is 0 Å². The van der Waals surface area contributed by atoms with Crippen LogP contribution in [0.3, 0.4) is 0 Å². The van der Waals surface area contributed by atoms with E-state index in [1.807, 2.05) is 0 Å². The van der Waals surface area contributed by atoms with Gasteiger partial charge in [-0.15, -0.1) is 10.2 Å². The Bertz CT molecular complexity index is 305. The SMILES string of the molecule is CCC(C)NCc1nnc2n1CCC2. The Morgan fingerprint density at radius 3 is 3.14 bits per heavy atom. The quantitative estimate of drug-likeness (QED) is 0.781. The lowest BCUT2D eigenvalue weighted by Crippen LogP contribution is -2.26. The molecule has 14 heavy (non-hydrogen) atoms. The van der Waals surface area contributed by atoms with Crippen LogP contribution in [0.25, 0.3) is 0 Å². The van der Waals surface area contributed by atoms with E-state index in [1.165, 1.54) is 6.42 Å². The zero-order chi connectivity index (χ0) is 9.97. The van der Waals surface area contributed by atoms with Gasteiger partial charge in [0.05, 0.1) is 6.54 Å². The third-order valence-corrected chi connectivity index (χ3v) is 2.91. The highest BCUT2D eigenvalue weighted by Gasteiger charge is 2.16. The van der Waals surface area contributed by atoms with Crippen molar-refractivity contribution in [2.75, 3.05) is 0 Å². The smallest absolute Gasteiger partial charge is 0.147 e. The topological polar surface area (TPSA) is 42.7 Å². The summed E-state index contributed by atoms with van der Waals surface area (Å²) in [6.07, 6.45) is 3.47. The molecule has 0 aliphatic carbocycles. The van der Waals surface area contributed by atoms with Crippen LogP contribution in [-0.2, 0) is 19.5 Å². The molecule has 1 unspecified atom stereocenters. The molecule has 1 aromatic rings. The third kappa shape index (κ3) is 1.80. The Morgan fingerprint density at radius 1 is 1.50 bits per heavy atom. The average molecular weight is 194 g/mol. The summed E-state index contributed by atoms with van der Waals surface area (Å²) in [5.74, 6) is 2.25. The number of nitrogens with zero attached hydrogens (tertiary/aromatic N) is 3. The van der Waals surface area contributed by atoms with Gasteiger partial charge >= 0.3 is 0 Å². The Hall–Kier alpha value is -0.900. The minimum Gasteiger partial charge on any atom is -0.314 e. The van der Waals surface area contributed by atoms with E-state index in [4.69, 9.17) is 0 Å². The summed E-state index contributed by atoms with van der Waals surface area (Å²) >= 11 is 0. The van der Waals surface area contributed by atoms with Crippen LogP contribution in [-0.4, -0.2) is 20.8 Å². The molecule has 1 aliphatic heterocycles. The van der Waals surface area contributed by atoms with Crippen LogP contribution in [0.1, 0.15) is 38.3 Å². The molecule has 0 spiro atoms. The van der Waals surface area contributed by atoms with E-state index in [9.17, 15) is 0 Å². The maximum absolute atomic E-state index is 4.19. The van der Waals surface area contributed by atoms with Crippen molar-refractivity contribution in [2.45, 2.75) is 52.2 Å². The molecule has 0 amide bonds. The molecule has 78 valence electrons. The minimum atomic E-state index is 0.560. The number of rotatable bonds is 4. The first-order valence-corrected chi connectivity index (χ1v) is 5.45. The van der Waals surface area contributed by atoms with E-state index < -0.39 is 0 Å². The van der Waals surface area contributed by atoms with Crippen LogP contribution in [0.15, 0.2) is 0 Å². The third-order valence-electron chi connectivity index (χ3n) is 2.91. The van der Waals surface area contributed by atoms with Gasteiger partial charge in [0.2, 0.25) is 0 Å². The normalized spacial score (nSPS) is 17.0. The predicted octanol–water partition coefficient (Wildman–Crippen LogP) is 1.11. The lowest BCUT2D eigenvalue weighted by Gasteiger charge is -2.10. The van der Waals surface area contributed by atoms with Crippen LogP contribution < -0.4 is 5.32 Å². The lowest BCUT2D eigenvalue weighted by molar-refractivity contribution is 0.509. The molecule has 0 saturated heterocycles. The Labute approximate surface area is 84.7 Å². The van der Waals surface area contributed by atoms with Crippen molar-refractivity contribution < 1.29 is 0 Å². The van der Waals surface area contributed by atoms with Crippen LogP contribution in [0.2, 0.25) is 0 Å². The Balaban J connectivity index is 1.96. The van der Waals surface area contributed by atoms with Crippen molar-refractivity contribution in [1.29, 1.82) is 0 Å². The lowest BCUT2D eigenvalue weighted by atomic mass is 10.2. The highest BCUT2D eigenvalue weighted by Crippen LogP contribution is 2.13. The molecular weight excluding hydrogens is 176 g/mol. The van der Waals surface area contributed by atoms with Crippen molar-refractivity contribution in [2.24, 2.45) is 0 Å². The maximum Gasteiger partial charge on any atom is 0.147 e. The highest BCUT2D eigenvalue weighted by atomic mass is 15.3. The summed E-state index contributed by atoms with van der Waals surface area (Å²) in [5.41, 5.74) is 0. The van der Waals surface area contributed by atoms with E-state index in [1.54, 1.807) is 0 Å². The molecule has 1 N–H and O–H groups in total. The van der Waals surface area contributed by atoms with Gasteiger partial charge in [-0.1, -0.05) is 6.92 Å². The summed E-state index contributed by atoms with van der Waals surface area (Å²) in [4.78, 5) is 0. The van der Waals surface area contributed by atoms with Crippen LogP contribution in [0.5, 0.6) is 0 Å². The van der Waals surface area contributed by atoms with E-state index in [0.717, 1.165) is 37.6 Å². The Kier molecular flexibility index (Phi) is 2.82. The van der Waals surface area contributed by atoms with Gasteiger partial charge in [-0.3, -0.25) is 0 Å². The van der Waals surface area contributed by atoms with E-state index >= 15 is 0 Å². The molecule has 0 fully saturated rings. The Morgan fingerprint density at radius 2 is 2.36 bits per heavy atom. The summed E-state index contributed by atoms with van der Waals surface area (Å²) in [6, 6.07) is 0.560. The summed E-state index contributed by atoms with van der Waals surface area (Å²) in [6.45, 7) is 6.33. The largest absolute Gasteiger partial charge is 0.314 e. The highest BCUT2D eigenvalue weighted by molar-refractivity contribution is 5.00. The van der Waals surface area contributed by atoms with Crippen molar-refractivity contribution in [1.82, 2.24) is 20.1 Å². The van der Waals surface area contributed by atoms with Gasteiger partial charge in [-0.05, 0) is 19.8 Å². The van der Waals surface area contributed by atoms with Crippen molar-refractivity contribution in [3.8, 4) is 0 Å². The standard InChI is InChI=1S/C10H18N4/c1-3-8(2)11-7-10-13-12-9-5-4-6-14(9)10/h8,11H,3-7H2,1-2H3. The predicted molar refractivity (Wildman–Crippen MR) is 54.9 cm³/mol. The first kappa shape index (κ1) is 9.65. The first-order valence-electron chi connectivity index (χ1n) is 5.45. The first-order chi connectivity index (χ1) is 6.81. The van der Waals surface area contributed by atoms with E-state index in [0.29, 0.717) is 6.04 Å². The molecule has 1 aliphatic rings. The molecule has 2 rings (SSSR count). The second-order valence-electron chi connectivity index (χ2n) is 3.98. The van der Waals surface area contributed by atoms with Crippen LogP contribution >= 0.6 is 0 Å². The molecule has 0 saturated carbocycles. The molecule has 0 radical (unpaired) electrons. The fraction of sp³-hybridized carbons (Fsp3) is 0.800. The van der Waals surface area contributed by atoms with Crippen molar-refractivity contribution >= 4 is 0 Å². The van der Waals surface area contributed by atoms with Gasteiger partial charge in [-0.25, -0.2) is 0 Å². The van der Waals surface area contributed by atoms with Crippen molar-refractivity contribution in [3.05, 3.63) is 11.6 Å². The zero-order valence-corrected chi connectivity index (χ0v) is 8.95. The summed E-state index contributed by atoms with van der Waals surface area (Å²) < 4.78 is 2.25. The fourth-order valence-electron chi connectivity index (χ4n) is 1.75. The fourth-order valence-corrected chi connectivity index (χ4v) is 1.75. The maximum atomic E-state index is 4.19. The number of aryl methyl sites for hydroxylation is 1. The van der Waals surface area contributed by atoms with Gasteiger partial charge in [0.25, 0.3) is 0 Å². The number of hydrogen-bond acceptors (Lipinski definition) is 3. The molecule has 4 nitrogen and oxygen atoms in total. The molecule has 2 heterocycles. The van der Waals surface area contributed by atoms with E-state index in [2.05, 4.69) is 33.9 Å². The molecule has 1 aromatic heterocycles. The molecular formula is C10H18N4. The van der Waals surface area contributed by atoms with Crippen molar-refractivity contribution in [3.63, 3.8) is 0 Å². The average Bonchev–Trinajstić information content (AvgIpc) is 2.76. The number of hydrogen-bond donors (Lipinski definition) is 1. The summed E-state index contributed by atoms with van der Waals surface area (Å²) in [5, 5.41) is 11.8. The van der Waals surface area contributed by atoms with E-state index in [-0.39, 0.29) is 0 Å². The molecule has 4 heteroatoms. The molecule has 0 aromatic carbocycles. The second-order valence-corrected chi connectivity index (χ2v) is 3.98. The van der Waals surface area contributed by atoms with Gasteiger partial charge in [-0.2, -0.15) is 0 Å². The number of aromatic nitrogens is 3. The molecule has 0 bridgehead atoms. The van der Waals surface area contributed by atoms with Gasteiger partial charge in [0.1, 0.15) is 11.6 Å². The number of fused-ring (bicyclic) bond motifs is 1. The van der Waals surface area contributed by atoms with Crippen LogP contribution in [0, 0.1) is 0 Å². The minimum absolute atomic E-state index is 0.560. The second kappa shape index (κ2) is 4.09. The summed E-state index contributed by atoms with van der Waals surface area (Å²) in [7, 11) is 0. The molecule has 1 atom stereocenters. The number of nitrogens with one attached hydrogen (secondary N) is 1. The zero-order valence-electron chi connectivity index (χ0n) is 8.95.